The summed E-state index contributed by atoms with van der Waals surface area (Å²) in [5.41, 5.74) is 2.68. The lowest BCUT2D eigenvalue weighted by atomic mass is 10.1. The van der Waals surface area contributed by atoms with Crippen molar-refractivity contribution in [2.75, 3.05) is 14.2 Å². The van der Waals surface area contributed by atoms with Gasteiger partial charge in [0.1, 0.15) is 5.75 Å². The third-order valence-electron chi connectivity index (χ3n) is 5.77. The molecule has 4 aromatic rings. The fraction of sp³-hybridized carbons (Fsp3) is 0.231. The van der Waals surface area contributed by atoms with Gasteiger partial charge >= 0.3 is 11.7 Å². The van der Waals surface area contributed by atoms with Gasteiger partial charge in [-0.15, -0.1) is 0 Å². The number of nitrogens with zero attached hydrogens (tertiary/aromatic N) is 3. The molecular weight excluding hydrogens is 434 g/mol. The Morgan fingerprint density at radius 1 is 1.00 bits per heavy atom. The fourth-order valence-corrected chi connectivity index (χ4v) is 4.00. The van der Waals surface area contributed by atoms with Gasteiger partial charge in [-0.3, -0.25) is 9.36 Å². The third-order valence-corrected chi connectivity index (χ3v) is 5.77. The number of fused-ring (bicyclic) bond motifs is 1. The van der Waals surface area contributed by atoms with E-state index in [9.17, 15) is 14.4 Å². The van der Waals surface area contributed by atoms with Gasteiger partial charge < -0.3 is 9.47 Å². The number of carbonyl (C=O) groups excluding carboxylic acids is 1. The number of hydrogen-bond acceptors (Lipinski definition) is 6. The van der Waals surface area contributed by atoms with Crippen molar-refractivity contribution in [2.45, 2.75) is 27.3 Å². The highest BCUT2D eigenvalue weighted by Gasteiger charge is 2.23. The van der Waals surface area contributed by atoms with E-state index in [4.69, 9.17) is 9.47 Å². The minimum absolute atomic E-state index is 0.0187. The molecular formula is C26H25N3O5. The molecule has 8 nitrogen and oxygen atoms in total. The Morgan fingerprint density at radius 3 is 2.47 bits per heavy atom. The summed E-state index contributed by atoms with van der Waals surface area (Å²) in [7, 11) is 2.77. The summed E-state index contributed by atoms with van der Waals surface area (Å²) in [5.74, 6) is -0.146. The van der Waals surface area contributed by atoms with Crippen LogP contribution in [0.2, 0.25) is 0 Å². The largest absolute Gasteiger partial charge is 0.497 e. The van der Waals surface area contributed by atoms with E-state index < -0.39 is 17.2 Å². The van der Waals surface area contributed by atoms with Crippen molar-refractivity contribution in [1.82, 2.24) is 14.1 Å². The predicted octanol–water partition coefficient (Wildman–Crippen LogP) is 3.32. The van der Waals surface area contributed by atoms with Gasteiger partial charge in [0.2, 0.25) is 0 Å². The molecule has 0 fully saturated rings. The predicted molar refractivity (Wildman–Crippen MR) is 129 cm³/mol. The van der Waals surface area contributed by atoms with Gasteiger partial charge in [-0.25, -0.2) is 19.1 Å². The quantitative estimate of drug-likeness (QED) is 0.425. The van der Waals surface area contributed by atoms with Crippen molar-refractivity contribution in [3.8, 4) is 11.4 Å². The summed E-state index contributed by atoms with van der Waals surface area (Å²) in [5, 5.41) is 0.0187. The van der Waals surface area contributed by atoms with E-state index in [0.717, 1.165) is 21.3 Å². The average molecular weight is 460 g/mol. The Hall–Kier alpha value is -4.20. The molecule has 0 saturated heterocycles. The van der Waals surface area contributed by atoms with Crippen LogP contribution in [0.1, 0.15) is 32.7 Å². The van der Waals surface area contributed by atoms with E-state index in [1.54, 1.807) is 31.2 Å². The lowest BCUT2D eigenvalue weighted by Crippen LogP contribution is -2.41. The topological polar surface area (TPSA) is 92.4 Å². The summed E-state index contributed by atoms with van der Waals surface area (Å²) in [6.45, 7) is 5.60. The van der Waals surface area contributed by atoms with Gasteiger partial charge in [0, 0.05) is 11.8 Å². The van der Waals surface area contributed by atoms with Gasteiger partial charge in [0.25, 0.3) is 5.56 Å². The molecule has 0 aliphatic carbocycles. The van der Waals surface area contributed by atoms with E-state index in [1.165, 1.54) is 24.9 Å². The van der Waals surface area contributed by atoms with Crippen molar-refractivity contribution in [1.29, 1.82) is 0 Å². The first-order chi connectivity index (χ1) is 16.2. The molecule has 0 aliphatic heterocycles. The standard InChI is InChI=1S/C26H25N3O5/c1-15-9-10-16(2)18(11-15)14-28-24(30)22-21(25(31)34-5)12-17(3)27-23(22)29(26(28)32)19-7-6-8-20(13-19)33-4/h6-13H,14H2,1-5H3. The minimum Gasteiger partial charge on any atom is -0.497 e. The highest BCUT2D eigenvalue weighted by molar-refractivity contribution is 6.02. The third kappa shape index (κ3) is 3.98. The minimum atomic E-state index is -0.679. The van der Waals surface area contributed by atoms with Crippen LogP contribution >= 0.6 is 0 Å². The lowest BCUT2D eigenvalue weighted by molar-refractivity contribution is 0.0602. The van der Waals surface area contributed by atoms with E-state index in [1.807, 2.05) is 32.0 Å². The van der Waals surface area contributed by atoms with Crippen LogP contribution in [0.3, 0.4) is 0 Å². The molecule has 2 aromatic carbocycles. The number of pyridine rings is 1. The SMILES string of the molecule is COC(=O)c1cc(C)nc2c1c(=O)n(Cc1cc(C)ccc1C)c(=O)n2-c1cccc(OC)c1. The molecule has 0 unspecified atom stereocenters. The monoisotopic (exact) mass is 459 g/mol. The molecule has 0 radical (unpaired) electrons. The van der Waals surface area contributed by atoms with Crippen molar-refractivity contribution >= 4 is 17.0 Å². The second kappa shape index (κ2) is 8.97. The van der Waals surface area contributed by atoms with Crippen molar-refractivity contribution in [3.63, 3.8) is 0 Å². The van der Waals surface area contributed by atoms with Crippen LogP contribution in [0, 0.1) is 20.8 Å². The number of aryl methyl sites for hydroxylation is 3. The molecule has 0 bridgehead atoms. The van der Waals surface area contributed by atoms with E-state index in [2.05, 4.69) is 4.98 Å². The Labute approximate surface area is 196 Å². The van der Waals surface area contributed by atoms with Crippen molar-refractivity contribution < 1.29 is 14.3 Å². The normalized spacial score (nSPS) is 11.0. The zero-order valence-electron chi connectivity index (χ0n) is 19.7. The molecule has 0 aliphatic rings. The van der Waals surface area contributed by atoms with Gasteiger partial charge in [0.05, 0.1) is 37.4 Å². The summed E-state index contributed by atoms with van der Waals surface area (Å²) >= 11 is 0. The summed E-state index contributed by atoms with van der Waals surface area (Å²) in [6, 6.07) is 14.2. The van der Waals surface area contributed by atoms with Gasteiger partial charge in [-0.05, 0) is 50.1 Å². The molecule has 2 heterocycles. The number of aromatic nitrogens is 3. The number of rotatable bonds is 5. The van der Waals surface area contributed by atoms with Gasteiger partial charge in [0.15, 0.2) is 5.65 Å². The Bertz CT molecular complexity index is 1550. The average Bonchev–Trinajstić information content (AvgIpc) is 2.82. The van der Waals surface area contributed by atoms with Crippen LogP contribution in [-0.2, 0) is 11.3 Å². The van der Waals surface area contributed by atoms with Crippen molar-refractivity contribution in [3.05, 3.63) is 97.3 Å². The maximum Gasteiger partial charge on any atom is 0.338 e. The molecule has 34 heavy (non-hydrogen) atoms. The molecule has 174 valence electrons. The molecule has 8 heteroatoms. The summed E-state index contributed by atoms with van der Waals surface area (Å²) in [6.07, 6.45) is 0. The Morgan fingerprint density at radius 2 is 1.76 bits per heavy atom. The first kappa shape index (κ1) is 23.0. The second-order valence-electron chi connectivity index (χ2n) is 8.14. The summed E-state index contributed by atoms with van der Waals surface area (Å²) in [4.78, 5) is 44.6. The van der Waals surface area contributed by atoms with Crippen LogP contribution in [0.25, 0.3) is 16.7 Å². The number of hydrogen-bond donors (Lipinski definition) is 0. The number of carbonyl (C=O) groups is 1. The van der Waals surface area contributed by atoms with Crippen LogP contribution in [0.15, 0.2) is 58.1 Å². The molecule has 0 atom stereocenters. The van der Waals surface area contributed by atoms with Crippen LogP contribution in [0.5, 0.6) is 5.75 Å². The Balaban J connectivity index is 2.15. The number of methoxy groups -OCH3 is 2. The fourth-order valence-electron chi connectivity index (χ4n) is 4.00. The highest BCUT2D eigenvalue weighted by atomic mass is 16.5. The smallest absolute Gasteiger partial charge is 0.338 e. The molecule has 2 aromatic heterocycles. The zero-order valence-corrected chi connectivity index (χ0v) is 19.7. The van der Waals surface area contributed by atoms with E-state index in [0.29, 0.717) is 17.1 Å². The molecule has 0 N–H and O–H groups in total. The molecule has 0 saturated carbocycles. The zero-order chi connectivity index (χ0) is 24.6. The van der Waals surface area contributed by atoms with Crippen molar-refractivity contribution in [2.24, 2.45) is 0 Å². The maximum atomic E-state index is 13.8. The van der Waals surface area contributed by atoms with Gasteiger partial charge in [-0.1, -0.05) is 29.8 Å². The second-order valence-corrected chi connectivity index (χ2v) is 8.14. The summed E-state index contributed by atoms with van der Waals surface area (Å²) < 4.78 is 12.7. The molecule has 0 spiro atoms. The number of ether oxygens (including phenoxy) is 2. The molecule has 4 rings (SSSR count). The van der Waals surface area contributed by atoms with E-state index in [-0.39, 0.29) is 23.1 Å². The number of esters is 1. The maximum absolute atomic E-state index is 13.8. The van der Waals surface area contributed by atoms with Crippen LogP contribution < -0.4 is 16.0 Å². The highest BCUT2D eigenvalue weighted by Crippen LogP contribution is 2.21. The van der Waals surface area contributed by atoms with Gasteiger partial charge in [-0.2, -0.15) is 0 Å². The lowest BCUT2D eigenvalue weighted by Gasteiger charge is -2.17. The Kier molecular flexibility index (Phi) is 6.06. The first-order valence-corrected chi connectivity index (χ1v) is 10.7. The first-order valence-electron chi connectivity index (χ1n) is 10.7. The molecule has 0 amide bonds. The van der Waals surface area contributed by atoms with E-state index >= 15 is 0 Å². The van der Waals surface area contributed by atoms with Crippen LogP contribution in [0.4, 0.5) is 0 Å². The number of benzene rings is 2. The van der Waals surface area contributed by atoms with Crippen LogP contribution in [-0.4, -0.2) is 34.3 Å².